The number of hydrogen-bond acceptors (Lipinski definition) is 6. The van der Waals surface area contributed by atoms with Crippen LogP contribution in [0.3, 0.4) is 0 Å². The normalized spacial score (nSPS) is 11.8. The predicted octanol–water partition coefficient (Wildman–Crippen LogP) is 2.49. The molecule has 26 heavy (non-hydrogen) atoms. The van der Waals surface area contributed by atoms with Gasteiger partial charge in [-0.25, -0.2) is 19.3 Å². The quantitative estimate of drug-likeness (QED) is 0.742. The number of amides is 2. The Kier molecular flexibility index (Phi) is 4.72. The van der Waals surface area contributed by atoms with Gasteiger partial charge in [-0.2, -0.15) is 9.65 Å². The highest BCUT2D eigenvalue weighted by atomic mass is 19.1. The number of urea groups is 1. The summed E-state index contributed by atoms with van der Waals surface area (Å²) in [5, 5.41) is 17.8. The molecular formula is C16H14FN7O2. The number of methoxy groups -OCH3 is 1. The van der Waals surface area contributed by atoms with Gasteiger partial charge in [-0.3, -0.25) is 0 Å². The highest BCUT2D eigenvalue weighted by Crippen LogP contribution is 2.25. The molecule has 1 atom stereocenters. The minimum atomic E-state index is -0.690. The Bertz CT molecular complexity index is 1010. The molecule has 2 N–H and O–H groups in total. The molecule has 3 heterocycles. The van der Waals surface area contributed by atoms with E-state index < -0.39 is 18.1 Å². The number of carbonyl (C=O) groups is 1. The van der Waals surface area contributed by atoms with Gasteiger partial charge in [-0.1, -0.05) is 0 Å². The molecule has 2 amide bonds. The summed E-state index contributed by atoms with van der Waals surface area (Å²) in [6, 6.07) is 5.47. The van der Waals surface area contributed by atoms with Crippen LogP contribution in [0.5, 0.6) is 0 Å². The molecule has 9 nitrogen and oxygen atoms in total. The zero-order valence-corrected chi connectivity index (χ0v) is 13.9. The first-order chi connectivity index (χ1) is 12.5. The maximum Gasteiger partial charge on any atom is 0.323 e. The van der Waals surface area contributed by atoms with E-state index in [0.29, 0.717) is 22.7 Å². The standard InChI is InChI=1S/C16H14FN7O2/c1-9(26-2)15-12(8-20-14-6-13(17)23-24(14)15)22-16(25)21-10-3-4-19-11(5-10)7-18/h3-6,8-9H,1-2H3,(H2,19,21,22,25). The van der Waals surface area contributed by atoms with Crippen LogP contribution >= 0.6 is 0 Å². The molecular weight excluding hydrogens is 341 g/mol. The first-order valence-electron chi connectivity index (χ1n) is 7.53. The lowest BCUT2D eigenvalue weighted by atomic mass is 10.2. The van der Waals surface area contributed by atoms with Crippen molar-refractivity contribution < 1.29 is 13.9 Å². The summed E-state index contributed by atoms with van der Waals surface area (Å²) in [5.74, 6) is -0.690. The highest BCUT2D eigenvalue weighted by molar-refractivity contribution is 6.00. The van der Waals surface area contributed by atoms with Crippen LogP contribution in [0.4, 0.5) is 20.6 Å². The minimum Gasteiger partial charge on any atom is -0.375 e. The predicted molar refractivity (Wildman–Crippen MR) is 90.0 cm³/mol. The van der Waals surface area contributed by atoms with Crippen LogP contribution in [0.1, 0.15) is 24.4 Å². The number of carbonyl (C=O) groups excluding carboxylic acids is 1. The van der Waals surface area contributed by atoms with E-state index in [1.165, 1.54) is 36.2 Å². The van der Waals surface area contributed by atoms with Crippen molar-refractivity contribution in [3.63, 3.8) is 0 Å². The number of aromatic nitrogens is 4. The van der Waals surface area contributed by atoms with Crippen molar-refractivity contribution in [3.05, 3.63) is 47.9 Å². The van der Waals surface area contributed by atoms with Crippen molar-refractivity contribution in [2.45, 2.75) is 13.0 Å². The van der Waals surface area contributed by atoms with Gasteiger partial charge in [0, 0.05) is 25.1 Å². The zero-order chi connectivity index (χ0) is 18.7. The second-order valence-corrected chi connectivity index (χ2v) is 5.29. The van der Waals surface area contributed by atoms with Gasteiger partial charge >= 0.3 is 6.03 Å². The van der Waals surface area contributed by atoms with Crippen molar-refractivity contribution in [1.82, 2.24) is 19.6 Å². The lowest BCUT2D eigenvalue weighted by Crippen LogP contribution is -2.22. The van der Waals surface area contributed by atoms with Crippen LogP contribution < -0.4 is 10.6 Å². The van der Waals surface area contributed by atoms with Crippen molar-refractivity contribution in [2.24, 2.45) is 0 Å². The Morgan fingerprint density at radius 2 is 2.19 bits per heavy atom. The smallest absolute Gasteiger partial charge is 0.323 e. The van der Waals surface area contributed by atoms with E-state index >= 15 is 0 Å². The lowest BCUT2D eigenvalue weighted by Gasteiger charge is -2.17. The third-order valence-electron chi connectivity index (χ3n) is 3.61. The van der Waals surface area contributed by atoms with E-state index in [9.17, 15) is 9.18 Å². The molecule has 3 rings (SSSR count). The first-order valence-corrected chi connectivity index (χ1v) is 7.53. The number of halogens is 1. The molecule has 3 aromatic heterocycles. The van der Waals surface area contributed by atoms with Crippen LogP contribution in [-0.2, 0) is 4.74 Å². The van der Waals surface area contributed by atoms with Gasteiger partial charge in [-0.15, -0.1) is 5.10 Å². The molecule has 3 aromatic rings. The van der Waals surface area contributed by atoms with Crippen molar-refractivity contribution >= 4 is 23.1 Å². The van der Waals surface area contributed by atoms with Gasteiger partial charge in [0.15, 0.2) is 5.65 Å². The van der Waals surface area contributed by atoms with Crippen LogP contribution in [0, 0.1) is 17.3 Å². The summed E-state index contributed by atoms with van der Waals surface area (Å²) in [6.45, 7) is 1.74. The van der Waals surface area contributed by atoms with Crippen LogP contribution in [0.25, 0.3) is 5.65 Å². The topological polar surface area (TPSA) is 117 Å². The molecule has 0 bridgehead atoms. The number of anilines is 2. The number of pyridine rings is 1. The van der Waals surface area contributed by atoms with Crippen LogP contribution in [-0.4, -0.2) is 32.7 Å². The molecule has 0 saturated carbocycles. The minimum absolute atomic E-state index is 0.173. The molecule has 1 unspecified atom stereocenters. The molecule has 132 valence electrons. The maximum atomic E-state index is 13.5. The summed E-state index contributed by atoms with van der Waals surface area (Å²) in [5.41, 5.74) is 1.60. The highest BCUT2D eigenvalue weighted by Gasteiger charge is 2.19. The molecule has 0 fully saturated rings. The monoisotopic (exact) mass is 355 g/mol. The average Bonchev–Trinajstić information content (AvgIpc) is 3.01. The van der Waals surface area contributed by atoms with Crippen molar-refractivity contribution in [1.29, 1.82) is 5.26 Å². The Hall–Kier alpha value is -3.58. The van der Waals surface area contributed by atoms with E-state index in [1.54, 1.807) is 13.0 Å². The molecule has 0 spiro atoms. The molecule has 0 radical (unpaired) electrons. The summed E-state index contributed by atoms with van der Waals surface area (Å²) in [7, 11) is 1.49. The zero-order valence-electron chi connectivity index (χ0n) is 13.9. The SMILES string of the molecule is COC(C)c1c(NC(=O)Nc2ccnc(C#N)c2)cnc2cc(F)nn12. The summed E-state index contributed by atoms with van der Waals surface area (Å²) >= 11 is 0. The molecule has 0 aliphatic rings. The fraction of sp³-hybridized carbons (Fsp3) is 0.188. The van der Waals surface area contributed by atoms with E-state index in [-0.39, 0.29) is 5.69 Å². The van der Waals surface area contributed by atoms with Gasteiger partial charge in [0.25, 0.3) is 0 Å². The Balaban J connectivity index is 1.90. The third-order valence-corrected chi connectivity index (χ3v) is 3.61. The number of rotatable bonds is 4. The Labute approximate surface area is 147 Å². The van der Waals surface area contributed by atoms with Crippen LogP contribution in [0.15, 0.2) is 30.6 Å². The van der Waals surface area contributed by atoms with Gasteiger partial charge in [0.2, 0.25) is 5.95 Å². The first kappa shape index (κ1) is 17.2. The number of hydrogen-bond donors (Lipinski definition) is 2. The van der Waals surface area contributed by atoms with Gasteiger partial charge in [0.05, 0.1) is 23.7 Å². The molecule has 0 saturated heterocycles. The summed E-state index contributed by atoms with van der Waals surface area (Å²) < 4.78 is 20.1. The van der Waals surface area contributed by atoms with Crippen molar-refractivity contribution in [2.75, 3.05) is 17.7 Å². The third kappa shape index (κ3) is 3.42. The van der Waals surface area contributed by atoms with E-state index in [4.69, 9.17) is 10.00 Å². The molecule has 0 aliphatic heterocycles. The lowest BCUT2D eigenvalue weighted by molar-refractivity contribution is 0.114. The molecule has 10 heteroatoms. The van der Waals surface area contributed by atoms with Gasteiger partial charge < -0.3 is 15.4 Å². The Morgan fingerprint density at radius 3 is 2.92 bits per heavy atom. The number of nitrogens with zero attached hydrogens (tertiary/aromatic N) is 5. The second-order valence-electron chi connectivity index (χ2n) is 5.29. The van der Waals surface area contributed by atoms with Gasteiger partial charge in [-0.05, 0) is 19.1 Å². The number of nitriles is 1. The van der Waals surface area contributed by atoms with Crippen LogP contribution in [0.2, 0.25) is 0 Å². The number of ether oxygens (including phenoxy) is 1. The fourth-order valence-electron chi connectivity index (χ4n) is 2.38. The summed E-state index contributed by atoms with van der Waals surface area (Å²) in [6.07, 6.45) is 2.32. The molecule has 0 aromatic carbocycles. The summed E-state index contributed by atoms with van der Waals surface area (Å²) in [4.78, 5) is 20.2. The van der Waals surface area contributed by atoms with Crippen molar-refractivity contribution in [3.8, 4) is 6.07 Å². The Morgan fingerprint density at radius 1 is 1.38 bits per heavy atom. The maximum absolute atomic E-state index is 13.5. The largest absolute Gasteiger partial charge is 0.375 e. The second kappa shape index (κ2) is 7.12. The van der Waals surface area contributed by atoms with Gasteiger partial charge in [0.1, 0.15) is 11.8 Å². The van der Waals surface area contributed by atoms with E-state index in [2.05, 4.69) is 25.7 Å². The number of fused-ring (bicyclic) bond motifs is 1. The molecule has 0 aliphatic carbocycles. The fourth-order valence-corrected chi connectivity index (χ4v) is 2.38. The van der Waals surface area contributed by atoms with E-state index in [0.717, 1.165) is 0 Å². The average molecular weight is 355 g/mol. The van der Waals surface area contributed by atoms with E-state index in [1.807, 2.05) is 6.07 Å². The number of nitrogens with one attached hydrogen (secondary N) is 2.